The monoisotopic (exact) mass is 393 g/mol. The molecule has 2 aromatic rings. The number of rotatable bonds is 5. The van der Waals surface area contributed by atoms with Gasteiger partial charge in [0.2, 0.25) is 11.8 Å². The van der Waals surface area contributed by atoms with E-state index in [1.165, 1.54) is 11.3 Å². The first-order chi connectivity index (χ1) is 13.9. The molecule has 1 aliphatic rings. The Hall–Kier alpha value is -2.82. The van der Waals surface area contributed by atoms with Crippen LogP contribution >= 0.6 is 0 Å². The molecule has 1 fully saturated rings. The van der Waals surface area contributed by atoms with Crippen molar-refractivity contribution in [2.75, 3.05) is 42.5 Å². The fourth-order valence-electron chi connectivity index (χ4n) is 3.88. The Morgan fingerprint density at radius 2 is 1.66 bits per heavy atom. The number of anilines is 2. The number of amides is 2. The van der Waals surface area contributed by atoms with Gasteiger partial charge in [-0.25, -0.2) is 0 Å². The van der Waals surface area contributed by atoms with Crippen LogP contribution in [0.4, 0.5) is 11.4 Å². The maximum atomic E-state index is 12.8. The molecule has 154 valence electrons. The molecule has 0 aliphatic carbocycles. The van der Waals surface area contributed by atoms with Gasteiger partial charge in [0.1, 0.15) is 0 Å². The molecule has 0 bridgehead atoms. The maximum Gasteiger partial charge on any atom is 0.224 e. The van der Waals surface area contributed by atoms with Gasteiger partial charge in [0, 0.05) is 57.4 Å². The molecular weight excluding hydrogens is 362 g/mol. The van der Waals surface area contributed by atoms with Gasteiger partial charge in [-0.05, 0) is 55.7 Å². The topological polar surface area (TPSA) is 43.9 Å². The summed E-state index contributed by atoms with van der Waals surface area (Å²) in [6.45, 7) is 11.2. The van der Waals surface area contributed by atoms with Crippen molar-refractivity contribution in [1.29, 1.82) is 0 Å². The Morgan fingerprint density at radius 3 is 2.31 bits per heavy atom. The summed E-state index contributed by atoms with van der Waals surface area (Å²) in [7, 11) is 0. The molecule has 0 unspecified atom stereocenters. The zero-order valence-electron chi connectivity index (χ0n) is 17.9. The highest BCUT2D eigenvalue weighted by Crippen LogP contribution is 2.23. The SMILES string of the molecule is CC(=O)N(CCC(=O)N1CCN(c2cccc(C)c2)CC1)c1cccc(C)c1C. The van der Waals surface area contributed by atoms with Gasteiger partial charge in [0.25, 0.3) is 0 Å². The van der Waals surface area contributed by atoms with Gasteiger partial charge in [0.05, 0.1) is 0 Å². The summed E-state index contributed by atoms with van der Waals surface area (Å²) >= 11 is 0. The molecule has 2 aromatic carbocycles. The van der Waals surface area contributed by atoms with Crippen molar-refractivity contribution >= 4 is 23.2 Å². The normalized spacial score (nSPS) is 14.1. The van der Waals surface area contributed by atoms with Crippen molar-refractivity contribution < 1.29 is 9.59 Å². The van der Waals surface area contributed by atoms with E-state index in [1.807, 2.05) is 36.9 Å². The maximum absolute atomic E-state index is 12.8. The third-order valence-electron chi connectivity index (χ3n) is 5.80. The van der Waals surface area contributed by atoms with Crippen molar-refractivity contribution in [3.63, 3.8) is 0 Å². The second-order valence-electron chi connectivity index (χ2n) is 7.85. The van der Waals surface area contributed by atoms with Crippen molar-refractivity contribution in [3.8, 4) is 0 Å². The highest BCUT2D eigenvalue weighted by atomic mass is 16.2. The summed E-state index contributed by atoms with van der Waals surface area (Å²) in [6.07, 6.45) is 0.345. The van der Waals surface area contributed by atoms with E-state index in [2.05, 4.69) is 36.1 Å². The highest BCUT2D eigenvalue weighted by molar-refractivity contribution is 5.93. The lowest BCUT2D eigenvalue weighted by atomic mass is 10.1. The first-order valence-corrected chi connectivity index (χ1v) is 10.3. The minimum atomic E-state index is -0.0317. The van der Waals surface area contributed by atoms with Crippen molar-refractivity contribution in [2.24, 2.45) is 0 Å². The quantitative estimate of drug-likeness (QED) is 0.778. The number of hydrogen-bond acceptors (Lipinski definition) is 3. The third-order valence-corrected chi connectivity index (χ3v) is 5.80. The molecule has 5 heteroatoms. The van der Waals surface area contributed by atoms with Gasteiger partial charge in [-0.15, -0.1) is 0 Å². The molecule has 0 N–H and O–H groups in total. The van der Waals surface area contributed by atoms with Crippen LogP contribution in [0.5, 0.6) is 0 Å². The molecule has 2 amide bonds. The predicted octanol–water partition coefficient (Wildman–Crippen LogP) is 3.70. The molecule has 0 atom stereocenters. The van der Waals surface area contributed by atoms with Crippen LogP contribution in [0.1, 0.15) is 30.0 Å². The number of piperazine rings is 1. The van der Waals surface area contributed by atoms with Gasteiger partial charge in [0.15, 0.2) is 0 Å². The van der Waals surface area contributed by atoms with Gasteiger partial charge in [-0.3, -0.25) is 9.59 Å². The van der Waals surface area contributed by atoms with Crippen LogP contribution in [0.15, 0.2) is 42.5 Å². The van der Waals surface area contributed by atoms with Gasteiger partial charge in [-0.1, -0.05) is 24.3 Å². The van der Waals surface area contributed by atoms with Crippen molar-refractivity contribution in [1.82, 2.24) is 4.90 Å². The van der Waals surface area contributed by atoms with E-state index >= 15 is 0 Å². The van der Waals surface area contributed by atoms with E-state index in [0.29, 0.717) is 13.0 Å². The first-order valence-electron chi connectivity index (χ1n) is 10.3. The Balaban J connectivity index is 1.57. The lowest BCUT2D eigenvalue weighted by molar-refractivity contribution is -0.131. The summed E-state index contributed by atoms with van der Waals surface area (Å²) in [5.74, 6) is 0.0845. The average Bonchev–Trinajstić information content (AvgIpc) is 2.71. The van der Waals surface area contributed by atoms with Crippen LogP contribution < -0.4 is 9.80 Å². The highest BCUT2D eigenvalue weighted by Gasteiger charge is 2.23. The zero-order valence-corrected chi connectivity index (χ0v) is 17.9. The molecule has 1 aliphatic heterocycles. The minimum absolute atomic E-state index is 0.0317. The average molecular weight is 394 g/mol. The number of aryl methyl sites for hydroxylation is 2. The number of hydrogen-bond donors (Lipinski definition) is 0. The Labute approximate surface area is 173 Å². The Kier molecular flexibility index (Phi) is 6.57. The molecule has 0 saturated carbocycles. The van der Waals surface area contributed by atoms with E-state index in [0.717, 1.165) is 43.0 Å². The molecule has 0 spiro atoms. The first kappa shape index (κ1) is 20.9. The summed E-state index contributed by atoms with van der Waals surface area (Å²) < 4.78 is 0. The smallest absolute Gasteiger partial charge is 0.224 e. The van der Waals surface area contributed by atoms with Gasteiger partial charge < -0.3 is 14.7 Å². The van der Waals surface area contributed by atoms with Crippen molar-refractivity contribution in [3.05, 3.63) is 59.2 Å². The second kappa shape index (κ2) is 9.12. The van der Waals surface area contributed by atoms with Crippen LogP contribution in [0.25, 0.3) is 0 Å². The van der Waals surface area contributed by atoms with E-state index < -0.39 is 0 Å². The lowest BCUT2D eigenvalue weighted by Gasteiger charge is -2.36. The Morgan fingerprint density at radius 1 is 0.966 bits per heavy atom. The summed E-state index contributed by atoms with van der Waals surface area (Å²) in [5, 5.41) is 0. The Bertz CT molecular complexity index is 885. The molecule has 1 saturated heterocycles. The molecule has 5 nitrogen and oxygen atoms in total. The zero-order chi connectivity index (χ0) is 21.0. The van der Waals surface area contributed by atoms with E-state index in [9.17, 15) is 9.59 Å². The van der Waals surface area contributed by atoms with Crippen LogP contribution in [0.2, 0.25) is 0 Å². The molecule has 29 heavy (non-hydrogen) atoms. The number of nitrogens with zero attached hydrogens (tertiary/aromatic N) is 3. The number of benzene rings is 2. The molecule has 0 radical (unpaired) electrons. The summed E-state index contributed by atoms with van der Waals surface area (Å²) in [6, 6.07) is 14.4. The van der Waals surface area contributed by atoms with Gasteiger partial charge in [-0.2, -0.15) is 0 Å². The van der Waals surface area contributed by atoms with Gasteiger partial charge >= 0.3 is 0 Å². The van der Waals surface area contributed by atoms with Crippen LogP contribution in [-0.4, -0.2) is 49.4 Å². The summed E-state index contributed by atoms with van der Waals surface area (Å²) in [5.41, 5.74) is 5.59. The molecular formula is C24H31N3O2. The fraction of sp³-hybridized carbons (Fsp3) is 0.417. The third kappa shape index (κ3) is 4.97. The minimum Gasteiger partial charge on any atom is -0.368 e. The predicted molar refractivity (Wildman–Crippen MR) is 119 cm³/mol. The largest absolute Gasteiger partial charge is 0.368 e. The molecule has 0 aromatic heterocycles. The van der Waals surface area contributed by atoms with E-state index in [4.69, 9.17) is 0 Å². The van der Waals surface area contributed by atoms with Crippen molar-refractivity contribution in [2.45, 2.75) is 34.1 Å². The van der Waals surface area contributed by atoms with Crippen LogP contribution in [-0.2, 0) is 9.59 Å². The standard InChI is InChI=1S/C24H31N3O2/c1-18-7-5-9-22(17-18)25-13-15-26(16-14-25)24(29)11-12-27(21(4)28)23-10-6-8-19(2)20(23)3/h5-10,17H,11-16H2,1-4H3. The van der Waals surface area contributed by atoms with Crippen LogP contribution in [0.3, 0.4) is 0 Å². The molecule has 1 heterocycles. The summed E-state index contributed by atoms with van der Waals surface area (Å²) in [4.78, 5) is 31.0. The van der Waals surface area contributed by atoms with E-state index in [1.54, 1.807) is 11.8 Å². The lowest BCUT2D eigenvalue weighted by Crippen LogP contribution is -2.49. The second-order valence-corrected chi connectivity index (χ2v) is 7.85. The number of carbonyl (C=O) groups excluding carboxylic acids is 2. The molecule has 3 rings (SSSR count). The van der Waals surface area contributed by atoms with Crippen LogP contribution in [0, 0.1) is 20.8 Å². The number of carbonyl (C=O) groups is 2. The van der Waals surface area contributed by atoms with E-state index in [-0.39, 0.29) is 11.8 Å². The fourth-order valence-corrected chi connectivity index (χ4v) is 3.88.